The molecule has 0 aromatic heterocycles. The van der Waals surface area contributed by atoms with Gasteiger partial charge in [-0.15, -0.1) is 0 Å². The second kappa shape index (κ2) is 12.2. The first-order valence-corrected chi connectivity index (χ1v) is 14.4. The third-order valence-electron chi connectivity index (χ3n) is 7.51. The molecule has 3 unspecified atom stereocenters. The van der Waals surface area contributed by atoms with Gasteiger partial charge in [0.05, 0.1) is 24.5 Å². The highest BCUT2D eigenvalue weighted by atomic mass is 19.1. The van der Waals surface area contributed by atoms with E-state index in [0.717, 1.165) is 12.1 Å². The molecule has 5 rings (SSSR count). The molecule has 1 amide bonds. The Morgan fingerprint density at radius 2 is 1.95 bits per heavy atom. The van der Waals surface area contributed by atoms with Crippen LogP contribution in [0, 0.1) is 11.6 Å². The van der Waals surface area contributed by atoms with Crippen LogP contribution in [0.25, 0.3) is 0 Å². The van der Waals surface area contributed by atoms with E-state index in [1.54, 1.807) is 27.7 Å². The van der Waals surface area contributed by atoms with Crippen LogP contribution in [-0.4, -0.2) is 85.5 Å². The zero-order valence-corrected chi connectivity index (χ0v) is 24.7. The van der Waals surface area contributed by atoms with Gasteiger partial charge in [0.2, 0.25) is 0 Å². The maximum Gasteiger partial charge on any atom is 0.407 e. The van der Waals surface area contributed by atoms with E-state index >= 15 is 4.39 Å². The monoisotopic (exact) mass is 606 g/mol. The minimum Gasteiger partial charge on any atom is -0.463 e. The maximum absolute atomic E-state index is 15.6. The average molecular weight is 607 g/mol. The molecule has 0 saturated carbocycles. The number of anilines is 1. The molecule has 43 heavy (non-hydrogen) atoms. The van der Waals surface area contributed by atoms with Crippen LogP contribution in [0.15, 0.2) is 46.6 Å². The highest BCUT2D eigenvalue weighted by Crippen LogP contribution is 2.38. The van der Waals surface area contributed by atoms with E-state index in [9.17, 15) is 18.4 Å². The van der Waals surface area contributed by atoms with E-state index < -0.39 is 47.4 Å². The molecule has 1 N–H and O–H groups in total. The quantitative estimate of drug-likeness (QED) is 0.390. The summed E-state index contributed by atoms with van der Waals surface area (Å²) in [5, 5.41) is 2.70. The molecule has 13 heteroatoms. The summed E-state index contributed by atoms with van der Waals surface area (Å²) in [6.45, 7) is 8.45. The summed E-state index contributed by atoms with van der Waals surface area (Å²) in [7, 11) is 0. The third-order valence-corrected chi connectivity index (χ3v) is 7.51. The van der Waals surface area contributed by atoms with Crippen molar-refractivity contribution in [3.63, 3.8) is 0 Å². The number of amides is 1. The smallest absolute Gasteiger partial charge is 0.407 e. The van der Waals surface area contributed by atoms with Gasteiger partial charge in [-0.3, -0.25) is 0 Å². The first kappa shape index (κ1) is 30.9. The number of likely N-dealkylation sites (tertiary alicyclic amines) is 1. The Bertz CT molecular complexity index is 1340. The van der Waals surface area contributed by atoms with E-state index in [2.05, 4.69) is 5.32 Å². The molecule has 0 radical (unpaired) electrons. The molecular formula is C30H37F3N4O6. The zero-order chi connectivity index (χ0) is 30.9. The lowest BCUT2D eigenvalue weighted by Gasteiger charge is -2.42. The summed E-state index contributed by atoms with van der Waals surface area (Å²) < 4.78 is 66.8. The van der Waals surface area contributed by atoms with Crippen molar-refractivity contribution in [1.82, 2.24) is 10.2 Å². The van der Waals surface area contributed by atoms with Crippen LogP contribution in [0.5, 0.6) is 0 Å². The molecule has 1 aromatic carbocycles. The SMILES string of the molecule is CCOC(=O)C1=CN(c2ccc(F)cc2F)C2N=C(N3CCC4(CC3)OCC(CNC(=O)OC(C)(C)C)O4)C(F)C=C2C1. The molecule has 4 aliphatic rings. The number of amidine groups is 1. The van der Waals surface area contributed by atoms with Crippen molar-refractivity contribution in [1.29, 1.82) is 0 Å². The number of esters is 1. The van der Waals surface area contributed by atoms with Gasteiger partial charge >= 0.3 is 12.1 Å². The average Bonchev–Trinajstić information content (AvgIpc) is 3.33. The van der Waals surface area contributed by atoms with Gasteiger partial charge in [0.15, 0.2) is 12.0 Å². The van der Waals surface area contributed by atoms with Crippen molar-refractivity contribution in [2.24, 2.45) is 4.99 Å². The number of rotatable bonds is 5. The zero-order valence-electron chi connectivity index (χ0n) is 24.7. The van der Waals surface area contributed by atoms with Crippen LogP contribution in [-0.2, 0) is 23.7 Å². The highest BCUT2D eigenvalue weighted by Gasteiger charge is 2.46. The number of alkyl carbamates (subject to hydrolysis) is 1. The summed E-state index contributed by atoms with van der Waals surface area (Å²) in [5.74, 6) is -2.88. The number of hydrogen-bond donors (Lipinski definition) is 1. The van der Waals surface area contributed by atoms with Gasteiger partial charge in [-0.25, -0.2) is 27.8 Å². The Hall–Kier alpha value is -3.58. The third kappa shape index (κ3) is 6.98. The van der Waals surface area contributed by atoms with Gasteiger partial charge in [-0.1, -0.05) is 0 Å². The van der Waals surface area contributed by atoms with Gasteiger partial charge in [0, 0.05) is 51.2 Å². The lowest BCUT2D eigenvalue weighted by molar-refractivity contribution is -0.190. The van der Waals surface area contributed by atoms with Crippen LogP contribution in [0.1, 0.15) is 47.0 Å². The Labute approximate surface area is 248 Å². The number of aliphatic imine (C=N–C) groups is 1. The van der Waals surface area contributed by atoms with E-state index in [1.807, 2.05) is 4.90 Å². The molecule has 3 atom stereocenters. The van der Waals surface area contributed by atoms with Crippen LogP contribution in [0.2, 0.25) is 0 Å². The number of alkyl halides is 1. The number of piperidine rings is 1. The fourth-order valence-electron chi connectivity index (χ4n) is 5.59. The standard InChI is InChI=1S/C30H37F3N4O6/c1-5-40-27(38)19-12-18-13-23(33)26(35-25(18)37(16-19)24-7-6-20(31)14-22(24)32)36-10-8-30(9-11-36)41-17-21(42-30)15-34-28(39)43-29(2,3)4/h6-7,13-14,16,21,23,25H,5,8-12,15,17H2,1-4H3,(H,34,39). The highest BCUT2D eigenvalue weighted by molar-refractivity contribution is 5.93. The Morgan fingerprint density at radius 1 is 1.21 bits per heavy atom. The topological polar surface area (TPSA) is 102 Å². The summed E-state index contributed by atoms with van der Waals surface area (Å²) in [6, 6.07) is 3.12. The van der Waals surface area contributed by atoms with Crippen molar-refractivity contribution in [2.75, 3.05) is 37.7 Å². The maximum atomic E-state index is 15.6. The molecular weight excluding hydrogens is 569 g/mol. The molecule has 234 valence electrons. The van der Waals surface area contributed by atoms with Crippen molar-refractivity contribution in [3.05, 3.63) is 53.3 Å². The Kier molecular flexibility index (Phi) is 8.75. The summed E-state index contributed by atoms with van der Waals surface area (Å²) in [6.07, 6.45) is 0.516. The minimum absolute atomic E-state index is 0.00408. The minimum atomic E-state index is -1.56. The van der Waals surface area contributed by atoms with Crippen molar-refractivity contribution < 1.29 is 41.7 Å². The number of nitrogens with one attached hydrogen (secondary N) is 1. The number of dihydropyridines is 1. The van der Waals surface area contributed by atoms with E-state index in [4.69, 9.17) is 23.9 Å². The van der Waals surface area contributed by atoms with Gasteiger partial charge in [-0.05, 0) is 51.5 Å². The van der Waals surface area contributed by atoms with Gasteiger partial charge in [0.25, 0.3) is 0 Å². The number of carbonyl (C=O) groups excluding carboxylic acids is 2. The van der Waals surface area contributed by atoms with E-state index in [0.29, 0.717) is 38.1 Å². The molecule has 0 bridgehead atoms. The predicted molar refractivity (Wildman–Crippen MR) is 151 cm³/mol. The van der Waals surface area contributed by atoms with Gasteiger partial charge < -0.3 is 34.1 Å². The second-order valence-corrected chi connectivity index (χ2v) is 11.9. The molecule has 2 fully saturated rings. The number of nitrogens with zero attached hydrogens (tertiary/aromatic N) is 3. The van der Waals surface area contributed by atoms with E-state index in [1.165, 1.54) is 23.2 Å². The van der Waals surface area contributed by atoms with Crippen molar-refractivity contribution >= 4 is 23.6 Å². The van der Waals surface area contributed by atoms with Crippen molar-refractivity contribution in [2.45, 2.75) is 76.8 Å². The summed E-state index contributed by atoms with van der Waals surface area (Å²) in [4.78, 5) is 32.5. The van der Waals surface area contributed by atoms with Crippen molar-refractivity contribution in [3.8, 4) is 0 Å². The molecule has 1 spiro atoms. The van der Waals surface area contributed by atoms with Crippen LogP contribution in [0.4, 0.5) is 23.7 Å². The van der Waals surface area contributed by atoms with Crippen LogP contribution < -0.4 is 10.2 Å². The fourth-order valence-corrected chi connectivity index (χ4v) is 5.59. The van der Waals surface area contributed by atoms with Crippen LogP contribution >= 0.6 is 0 Å². The van der Waals surface area contributed by atoms with E-state index in [-0.39, 0.29) is 42.8 Å². The normalized spacial score (nSPS) is 25.0. The van der Waals surface area contributed by atoms with Gasteiger partial charge in [-0.2, -0.15) is 0 Å². The number of hydrogen-bond acceptors (Lipinski definition) is 9. The van der Waals surface area contributed by atoms with Gasteiger partial charge in [0.1, 0.15) is 35.3 Å². The Balaban J connectivity index is 1.29. The number of fused-ring (bicyclic) bond motifs is 1. The molecule has 2 saturated heterocycles. The first-order valence-electron chi connectivity index (χ1n) is 14.4. The second-order valence-electron chi connectivity index (χ2n) is 11.9. The molecule has 4 aliphatic heterocycles. The number of benzene rings is 1. The Morgan fingerprint density at radius 3 is 2.63 bits per heavy atom. The molecule has 10 nitrogen and oxygen atoms in total. The number of ether oxygens (including phenoxy) is 4. The summed E-state index contributed by atoms with van der Waals surface area (Å²) >= 11 is 0. The van der Waals surface area contributed by atoms with Crippen LogP contribution in [0.3, 0.4) is 0 Å². The fraction of sp³-hybridized carbons (Fsp3) is 0.567. The molecule has 0 aliphatic carbocycles. The lowest BCUT2D eigenvalue weighted by atomic mass is 9.94. The number of halogens is 3. The first-order chi connectivity index (χ1) is 20.4. The number of carbonyl (C=O) groups is 2. The summed E-state index contributed by atoms with van der Waals surface area (Å²) in [5.41, 5.74) is 0.0703. The lowest BCUT2D eigenvalue weighted by Crippen LogP contribution is -2.52. The molecule has 1 aromatic rings. The predicted octanol–water partition coefficient (Wildman–Crippen LogP) is 4.36. The largest absolute Gasteiger partial charge is 0.463 e. The molecule has 4 heterocycles.